The van der Waals surface area contributed by atoms with E-state index in [1.165, 1.54) is 4.90 Å². The lowest BCUT2D eigenvalue weighted by Crippen LogP contribution is -2.74. The molecule has 11 heteroatoms. The zero-order chi connectivity index (χ0) is 30.0. The number of amides is 1. The van der Waals surface area contributed by atoms with Crippen LogP contribution in [-0.2, 0) is 32.1 Å². The molecule has 3 aliphatic carbocycles. The molecule has 3 aliphatic rings. The van der Waals surface area contributed by atoms with Gasteiger partial charge < -0.3 is 20.8 Å². The number of carbonyl (C=O) groups is 5. The number of phenolic OH excluding ortho intramolecular Hbond substituents is 1. The van der Waals surface area contributed by atoms with E-state index in [2.05, 4.69) is 18.7 Å². The molecule has 40 heavy (non-hydrogen) atoms. The largest absolute Gasteiger partial charge is 0.507 e. The summed E-state index contributed by atoms with van der Waals surface area (Å²) in [6.45, 7) is 4.71. The number of anilines is 1. The number of nitrogens with zero attached hydrogens (tertiary/aromatic N) is 3. The lowest BCUT2D eigenvalue weighted by molar-refractivity contribution is -0.181. The molecule has 0 radical (unpaired) electrons. The molecule has 1 aromatic carbocycles. The van der Waals surface area contributed by atoms with E-state index in [-0.39, 0.29) is 30.2 Å². The first-order chi connectivity index (χ1) is 18.6. The first kappa shape index (κ1) is 29.8. The van der Waals surface area contributed by atoms with E-state index in [4.69, 9.17) is 5.73 Å². The van der Waals surface area contributed by atoms with Crippen molar-refractivity contribution < 1.29 is 34.2 Å². The fourth-order valence-corrected chi connectivity index (χ4v) is 7.14. The second-order valence-electron chi connectivity index (χ2n) is 12.1. The molecule has 4 rings (SSSR count). The van der Waals surface area contributed by atoms with Crippen molar-refractivity contribution in [2.75, 3.05) is 40.1 Å². The molecule has 2 fully saturated rings. The molecule has 218 valence electrons. The Morgan fingerprint density at radius 1 is 1.12 bits per heavy atom. The molecule has 1 aromatic rings. The Bertz CT molecular complexity index is 1290. The van der Waals surface area contributed by atoms with Crippen LogP contribution in [0.4, 0.5) is 5.69 Å². The normalized spacial score (nSPS) is 30.7. The smallest absolute Gasteiger partial charge is 0.235 e. The Labute approximate surface area is 234 Å². The van der Waals surface area contributed by atoms with Gasteiger partial charge in [-0.25, -0.2) is 0 Å². The number of hydrogen-bond acceptors (Lipinski definition) is 10. The van der Waals surface area contributed by atoms with Crippen LogP contribution < -0.4 is 10.6 Å². The third kappa shape index (κ3) is 4.26. The molecule has 3 unspecified atom stereocenters. The van der Waals surface area contributed by atoms with Gasteiger partial charge in [0.25, 0.3) is 0 Å². The van der Waals surface area contributed by atoms with Crippen molar-refractivity contribution in [1.82, 2.24) is 9.80 Å². The predicted molar refractivity (Wildman–Crippen MR) is 147 cm³/mol. The van der Waals surface area contributed by atoms with Crippen molar-refractivity contribution in [2.45, 2.75) is 57.3 Å². The molecule has 2 saturated carbocycles. The molecule has 0 saturated heterocycles. The Morgan fingerprint density at radius 2 is 1.75 bits per heavy atom. The number of Topliss-reactive ketones (excluding diaryl/α,β-unsaturated/α-hetero) is 4. The maximum Gasteiger partial charge on any atom is 0.235 e. The minimum Gasteiger partial charge on any atom is -0.507 e. The average Bonchev–Trinajstić information content (AvgIpc) is 2.84. The van der Waals surface area contributed by atoms with Crippen molar-refractivity contribution in [2.24, 2.45) is 29.4 Å². The number of likely N-dealkylation sites (N-methyl/N-ethyl adjacent to an activating group) is 1. The Kier molecular flexibility index (Phi) is 7.72. The number of nitrogens with two attached hydrogens (primary N) is 1. The lowest BCUT2D eigenvalue weighted by atomic mass is 9.52. The molecule has 11 nitrogen and oxygen atoms in total. The van der Waals surface area contributed by atoms with Crippen molar-refractivity contribution in [3.8, 4) is 5.75 Å². The van der Waals surface area contributed by atoms with Gasteiger partial charge in [0.15, 0.2) is 34.7 Å². The van der Waals surface area contributed by atoms with E-state index in [1.54, 1.807) is 20.2 Å². The zero-order valence-corrected chi connectivity index (χ0v) is 24.2. The van der Waals surface area contributed by atoms with Crippen LogP contribution in [0.2, 0.25) is 0 Å². The maximum absolute atomic E-state index is 14.0. The summed E-state index contributed by atoms with van der Waals surface area (Å²) in [4.78, 5) is 72.2. The fourth-order valence-electron chi connectivity index (χ4n) is 7.14. The van der Waals surface area contributed by atoms with Crippen LogP contribution in [0.1, 0.15) is 48.2 Å². The quantitative estimate of drug-likeness (QED) is 0.395. The summed E-state index contributed by atoms with van der Waals surface area (Å²) < 4.78 is 0. The summed E-state index contributed by atoms with van der Waals surface area (Å²) in [5, 5.41) is 22.8. The number of hydrogen-bond donors (Lipinski definition) is 3. The number of rotatable bonds is 7. The highest BCUT2D eigenvalue weighted by Crippen LogP contribution is 2.52. The molecule has 7 atom stereocenters. The summed E-state index contributed by atoms with van der Waals surface area (Å²) in [7, 11) is 8.83. The number of ketones is 4. The van der Waals surface area contributed by atoms with Gasteiger partial charge in [-0.2, -0.15) is 0 Å². The first-order valence-corrected chi connectivity index (χ1v) is 13.7. The lowest BCUT2D eigenvalue weighted by Gasteiger charge is -2.52. The predicted octanol–water partition coefficient (Wildman–Crippen LogP) is 0.163. The van der Waals surface area contributed by atoms with Crippen LogP contribution in [0.3, 0.4) is 0 Å². The first-order valence-electron chi connectivity index (χ1n) is 13.7. The van der Waals surface area contributed by atoms with E-state index in [0.29, 0.717) is 12.1 Å². The molecule has 0 aliphatic heterocycles. The maximum atomic E-state index is 14.0. The van der Waals surface area contributed by atoms with Gasteiger partial charge in [0.2, 0.25) is 5.91 Å². The van der Waals surface area contributed by atoms with E-state index >= 15 is 0 Å². The van der Waals surface area contributed by atoms with Gasteiger partial charge in [0, 0.05) is 38.3 Å². The summed E-state index contributed by atoms with van der Waals surface area (Å²) in [5.41, 5.74) is 4.85. The van der Waals surface area contributed by atoms with Gasteiger partial charge >= 0.3 is 0 Å². The second kappa shape index (κ2) is 10.4. The third-order valence-corrected chi connectivity index (χ3v) is 9.32. The van der Waals surface area contributed by atoms with Gasteiger partial charge in [0.05, 0.1) is 17.5 Å². The van der Waals surface area contributed by atoms with Crippen LogP contribution in [0.5, 0.6) is 5.75 Å². The van der Waals surface area contributed by atoms with Crippen molar-refractivity contribution in [3.05, 3.63) is 22.8 Å². The summed E-state index contributed by atoms with van der Waals surface area (Å²) in [6.07, 6.45) is 1.18. The van der Waals surface area contributed by atoms with E-state index in [0.717, 1.165) is 17.7 Å². The van der Waals surface area contributed by atoms with Crippen LogP contribution >= 0.6 is 0 Å². The highest BCUT2D eigenvalue weighted by molar-refractivity contribution is 6.32. The summed E-state index contributed by atoms with van der Waals surface area (Å²) >= 11 is 0. The third-order valence-electron chi connectivity index (χ3n) is 9.32. The summed E-state index contributed by atoms with van der Waals surface area (Å²) in [5.74, 6) is -10.4. The van der Waals surface area contributed by atoms with Crippen LogP contribution in [0, 0.1) is 23.7 Å². The van der Waals surface area contributed by atoms with Crippen molar-refractivity contribution in [1.29, 1.82) is 0 Å². The molecule has 0 spiro atoms. The van der Waals surface area contributed by atoms with E-state index in [1.807, 2.05) is 26.0 Å². The minimum atomic E-state index is -2.73. The minimum absolute atomic E-state index is 0.00485. The number of fused-ring (bicyclic) bond motifs is 3. The Morgan fingerprint density at radius 3 is 2.27 bits per heavy atom. The highest BCUT2D eigenvalue weighted by atomic mass is 16.3. The molecule has 1 amide bonds. The molecule has 0 aromatic heterocycles. The number of aromatic hydroxyl groups is 1. The Balaban J connectivity index is 1.86. The van der Waals surface area contributed by atoms with Crippen LogP contribution in [-0.4, -0.2) is 102 Å². The second-order valence-corrected chi connectivity index (χ2v) is 12.1. The number of aliphatic hydroxyl groups is 1. The monoisotopic (exact) mass is 556 g/mol. The number of carbonyl (C=O) groups excluding carboxylic acids is 5. The van der Waals surface area contributed by atoms with E-state index in [9.17, 15) is 34.2 Å². The summed E-state index contributed by atoms with van der Waals surface area (Å²) in [6, 6.07) is 0.700. The van der Waals surface area contributed by atoms with E-state index < -0.39 is 64.4 Å². The number of phenols is 1. The van der Waals surface area contributed by atoms with Gasteiger partial charge in [-0.1, -0.05) is 6.92 Å². The van der Waals surface area contributed by atoms with Gasteiger partial charge in [-0.05, 0) is 70.4 Å². The Hall–Kier alpha value is -3.15. The van der Waals surface area contributed by atoms with Crippen LogP contribution in [0.15, 0.2) is 6.07 Å². The molecular weight excluding hydrogens is 516 g/mol. The van der Waals surface area contributed by atoms with Gasteiger partial charge in [-0.3, -0.25) is 33.8 Å². The SMILES string of the molecule is CCC(C)N(C)Cc1cc(O)c2c(c1N(C)C)C[C@H]1C[C@H]3[C@H](N(C)C)C(=O)C(C(N)=O)C(=O)[C@@]3(O)C(=O)C1C2=O. The van der Waals surface area contributed by atoms with Crippen molar-refractivity contribution >= 4 is 34.7 Å². The molecular formula is C29H40N4O7. The number of benzene rings is 1. The number of primary amides is 1. The van der Waals surface area contributed by atoms with Crippen molar-refractivity contribution in [3.63, 3.8) is 0 Å². The van der Waals surface area contributed by atoms with Crippen LogP contribution in [0.25, 0.3) is 0 Å². The fraction of sp³-hybridized carbons (Fsp3) is 0.621. The molecule has 4 N–H and O–H groups in total. The zero-order valence-electron chi connectivity index (χ0n) is 24.2. The molecule has 0 heterocycles. The highest BCUT2D eigenvalue weighted by Gasteiger charge is 2.69. The molecule has 0 bridgehead atoms. The van der Waals surface area contributed by atoms with Gasteiger partial charge in [-0.15, -0.1) is 0 Å². The average molecular weight is 557 g/mol. The standard InChI is InChI=1S/C29H40N4O7/c1-8-13(2)33(7)12-15-11-18(34)20-16(22(15)31(3)4)9-14-10-17-23(32(5)6)25(36)21(28(30)39)27(38)29(17,40)26(37)19(14)24(20)35/h11,13-14,17,19,21,23,34,40H,8-10,12H2,1-7H3,(H2,30,39)/t13?,14-,17-,19?,21?,23-,29-/m0/s1. The van der Waals surface area contributed by atoms with Gasteiger partial charge in [0.1, 0.15) is 5.75 Å². The topological polar surface area (TPSA) is 162 Å².